The first-order valence-corrected chi connectivity index (χ1v) is 10.1. The number of carbonyl (C=O) groups excluding carboxylic acids is 2. The Labute approximate surface area is 186 Å². The Bertz CT molecular complexity index is 1150. The summed E-state index contributed by atoms with van der Waals surface area (Å²) in [7, 11) is 3.20. The molecule has 0 saturated carbocycles. The van der Waals surface area contributed by atoms with Gasteiger partial charge in [0.1, 0.15) is 0 Å². The number of anilines is 1. The molecule has 0 aliphatic rings. The Morgan fingerprint density at radius 3 is 2.59 bits per heavy atom. The third kappa shape index (κ3) is 5.49. The zero-order valence-corrected chi connectivity index (χ0v) is 18.1. The third-order valence-corrected chi connectivity index (χ3v) is 4.81. The highest BCUT2D eigenvalue weighted by Crippen LogP contribution is 2.22. The molecule has 0 aliphatic carbocycles. The smallest absolute Gasteiger partial charge is 0.258 e. The summed E-state index contributed by atoms with van der Waals surface area (Å²) >= 11 is 0. The van der Waals surface area contributed by atoms with Crippen LogP contribution in [0.2, 0.25) is 0 Å². The van der Waals surface area contributed by atoms with Gasteiger partial charge in [-0.2, -0.15) is 5.26 Å². The maximum atomic E-state index is 12.8. The molecule has 1 heterocycles. The van der Waals surface area contributed by atoms with E-state index in [2.05, 4.69) is 15.6 Å². The van der Waals surface area contributed by atoms with E-state index in [4.69, 9.17) is 14.7 Å². The first-order chi connectivity index (χ1) is 15.6. The van der Waals surface area contributed by atoms with E-state index in [0.717, 1.165) is 5.52 Å². The quantitative estimate of drug-likeness (QED) is 0.473. The molecule has 9 heteroatoms. The van der Waals surface area contributed by atoms with Crippen molar-refractivity contribution in [3.63, 3.8) is 0 Å². The summed E-state index contributed by atoms with van der Waals surface area (Å²) in [5.41, 5.74) is 2.60. The fourth-order valence-corrected chi connectivity index (χ4v) is 3.23. The topological polar surface area (TPSA) is 118 Å². The number of rotatable bonds is 10. The molecule has 0 fully saturated rings. The van der Waals surface area contributed by atoms with Crippen molar-refractivity contribution in [2.75, 3.05) is 39.3 Å². The molecule has 0 atom stereocenters. The SMILES string of the molecule is COCCCn1c(NC(=O)c2cccc(C#N)c2)nc2cc(C(=O)NCCOC)ccc21. The van der Waals surface area contributed by atoms with Crippen molar-refractivity contribution in [3.05, 3.63) is 59.2 Å². The van der Waals surface area contributed by atoms with E-state index >= 15 is 0 Å². The lowest BCUT2D eigenvalue weighted by atomic mass is 10.1. The van der Waals surface area contributed by atoms with Gasteiger partial charge in [0.25, 0.3) is 11.8 Å². The first-order valence-electron chi connectivity index (χ1n) is 10.1. The largest absolute Gasteiger partial charge is 0.385 e. The maximum Gasteiger partial charge on any atom is 0.258 e. The summed E-state index contributed by atoms with van der Waals surface area (Å²) in [6.45, 7) is 1.95. The van der Waals surface area contributed by atoms with Crippen molar-refractivity contribution < 1.29 is 19.1 Å². The van der Waals surface area contributed by atoms with Gasteiger partial charge >= 0.3 is 0 Å². The number of carbonyl (C=O) groups is 2. The van der Waals surface area contributed by atoms with Crippen LogP contribution in [0.4, 0.5) is 5.95 Å². The number of aromatic nitrogens is 2. The van der Waals surface area contributed by atoms with Crippen LogP contribution < -0.4 is 10.6 Å². The summed E-state index contributed by atoms with van der Waals surface area (Å²) in [6, 6.07) is 13.7. The second kappa shape index (κ2) is 11.0. The van der Waals surface area contributed by atoms with Crippen LogP contribution in [0, 0.1) is 11.3 Å². The van der Waals surface area contributed by atoms with Crippen molar-refractivity contribution in [2.45, 2.75) is 13.0 Å². The van der Waals surface area contributed by atoms with Crippen molar-refractivity contribution >= 4 is 28.8 Å². The van der Waals surface area contributed by atoms with Crippen molar-refractivity contribution in [1.29, 1.82) is 5.26 Å². The molecule has 166 valence electrons. The number of methoxy groups -OCH3 is 2. The number of aryl methyl sites for hydroxylation is 1. The zero-order chi connectivity index (χ0) is 22.9. The van der Waals surface area contributed by atoms with Crippen LogP contribution in [0.3, 0.4) is 0 Å². The Hall–Kier alpha value is -3.74. The molecule has 2 amide bonds. The number of amides is 2. The van der Waals surface area contributed by atoms with Gasteiger partial charge in [-0.05, 0) is 42.8 Å². The standard InChI is InChI=1S/C23H25N5O4/c1-31-11-4-10-28-20-8-7-18(21(29)25-9-12-32-2)14-19(20)26-23(28)27-22(30)17-6-3-5-16(13-17)15-24/h3,5-8,13-14H,4,9-12H2,1-2H3,(H,25,29)(H,26,27,30). The van der Waals surface area contributed by atoms with Crippen LogP contribution in [-0.4, -0.2) is 55.3 Å². The Balaban J connectivity index is 1.90. The molecule has 0 saturated heterocycles. The van der Waals surface area contributed by atoms with Gasteiger partial charge in [-0.25, -0.2) is 4.98 Å². The summed E-state index contributed by atoms with van der Waals surface area (Å²) in [5.74, 6) is -0.236. The minimum atomic E-state index is -0.372. The van der Waals surface area contributed by atoms with E-state index in [-0.39, 0.29) is 11.8 Å². The minimum absolute atomic E-state index is 0.225. The van der Waals surface area contributed by atoms with Crippen molar-refractivity contribution in [2.24, 2.45) is 0 Å². The average molecular weight is 435 g/mol. The molecule has 2 aromatic carbocycles. The first kappa shape index (κ1) is 22.9. The van der Waals surface area contributed by atoms with E-state index in [1.807, 2.05) is 16.7 Å². The zero-order valence-electron chi connectivity index (χ0n) is 18.1. The van der Waals surface area contributed by atoms with Crippen LogP contribution >= 0.6 is 0 Å². The highest BCUT2D eigenvalue weighted by Gasteiger charge is 2.16. The van der Waals surface area contributed by atoms with Gasteiger partial charge in [0.15, 0.2) is 0 Å². The molecule has 0 radical (unpaired) electrons. The number of benzene rings is 2. The van der Waals surface area contributed by atoms with Gasteiger partial charge in [-0.1, -0.05) is 6.07 Å². The number of nitrogens with one attached hydrogen (secondary N) is 2. The molecule has 0 unspecified atom stereocenters. The van der Waals surface area contributed by atoms with Gasteiger partial charge in [0.05, 0.1) is 29.3 Å². The van der Waals surface area contributed by atoms with Crippen LogP contribution in [0.25, 0.3) is 11.0 Å². The molecule has 1 aromatic heterocycles. The van der Waals surface area contributed by atoms with Crippen LogP contribution in [0.5, 0.6) is 0 Å². The number of ether oxygens (including phenoxy) is 2. The number of nitrogens with zero attached hydrogens (tertiary/aromatic N) is 3. The summed E-state index contributed by atoms with van der Waals surface area (Å²) < 4.78 is 12.0. The Morgan fingerprint density at radius 1 is 1.06 bits per heavy atom. The van der Waals surface area contributed by atoms with Gasteiger partial charge in [-0.15, -0.1) is 0 Å². The van der Waals surface area contributed by atoms with Gasteiger partial charge in [0, 0.05) is 45.0 Å². The fraction of sp³-hybridized carbons (Fsp3) is 0.304. The predicted molar refractivity (Wildman–Crippen MR) is 120 cm³/mol. The lowest BCUT2D eigenvalue weighted by Gasteiger charge is -2.10. The summed E-state index contributed by atoms with van der Waals surface area (Å²) in [4.78, 5) is 29.7. The molecular weight excluding hydrogens is 410 g/mol. The number of nitriles is 1. The lowest BCUT2D eigenvalue weighted by molar-refractivity contribution is 0.0936. The molecule has 9 nitrogen and oxygen atoms in total. The van der Waals surface area contributed by atoms with Crippen LogP contribution in [0.1, 0.15) is 32.7 Å². The predicted octanol–water partition coefficient (Wildman–Crippen LogP) is 2.57. The summed E-state index contributed by atoms with van der Waals surface area (Å²) in [6.07, 6.45) is 0.716. The molecule has 2 N–H and O–H groups in total. The maximum absolute atomic E-state index is 12.8. The van der Waals surface area contributed by atoms with Crippen LogP contribution in [0.15, 0.2) is 42.5 Å². The Morgan fingerprint density at radius 2 is 1.84 bits per heavy atom. The fourth-order valence-electron chi connectivity index (χ4n) is 3.23. The second-order valence-electron chi connectivity index (χ2n) is 7.03. The van der Waals surface area contributed by atoms with Crippen molar-refractivity contribution in [1.82, 2.24) is 14.9 Å². The summed E-state index contributed by atoms with van der Waals surface area (Å²) in [5, 5.41) is 14.7. The normalized spacial score (nSPS) is 10.7. The molecular formula is C23H25N5O4. The number of imidazole rings is 1. The molecule has 0 spiro atoms. The van der Waals surface area contributed by atoms with Gasteiger partial charge in [0.2, 0.25) is 5.95 Å². The number of hydrogen-bond donors (Lipinski definition) is 2. The molecule has 32 heavy (non-hydrogen) atoms. The molecule has 0 aliphatic heterocycles. The lowest BCUT2D eigenvalue weighted by Crippen LogP contribution is -2.26. The minimum Gasteiger partial charge on any atom is -0.385 e. The number of fused-ring (bicyclic) bond motifs is 1. The van der Waals surface area contributed by atoms with Gasteiger partial charge in [-0.3, -0.25) is 14.9 Å². The molecule has 0 bridgehead atoms. The Kier molecular flexibility index (Phi) is 7.91. The highest BCUT2D eigenvalue weighted by atomic mass is 16.5. The van der Waals surface area contributed by atoms with E-state index in [0.29, 0.717) is 60.9 Å². The van der Waals surface area contributed by atoms with Crippen LogP contribution in [-0.2, 0) is 16.0 Å². The van der Waals surface area contributed by atoms with E-state index in [1.54, 1.807) is 44.6 Å². The van der Waals surface area contributed by atoms with Gasteiger partial charge < -0.3 is 19.4 Å². The third-order valence-electron chi connectivity index (χ3n) is 4.81. The number of hydrogen-bond acceptors (Lipinski definition) is 6. The monoisotopic (exact) mass is 435 g/mol. The average Bonchev–Trinajstić information content (AvgIpc) is 3.15. The van der Waals surface area contributed by atoms with E-state index in [1.165, 1.54) is 6.07 Å². The van der Waals surface area contributed by atoms with E-state index < -0.39 is 0 Å². The molecule has 3 rings (SSSR count). The van der Waals surface area contributed by atoms with Crippen molar-refractivity contribution in [3.8, 4) is 6.07 Å². The van der Waals surface area contributed by atoms with E-state index in [9.17, 15) is 9.59 Å². The highest BCUT2D eigenvalue weighted by molar-refractivity contribution is 6.04. The molecule has 3 aromatic rings. The second-order valence-corrected chi connectivity index (χ2v) is 7.03.